The van der Waals surface area contributed by atoms with Crippen molar-refractivity contribution in [2.75, 3.05) is 0 Å². The van der Waals surface area contributed by atoms with Crippen molar-refractivity contribution in [3.05, 3.63) is 32.4 Å². The van der Waals surface area contributed by atoms with Crippen LogP contribution in [-0.2, 0) is 6.42 Å². The van der Waals surface area contributed by atoms with E-state index in [0.29, 0.717) is 0 Å². The Bertz CT molecular complexity index is 356. The fourth-order valence-electron chi connectivity index (χ4n) is 1.92. The number of halogens is 2. The van der Waals surface area contributed by atoms with Crippen molar-refractivity contribution < 1.29 is 0 Å². The molecule has 82 valence electrons. The van der Waals surface area contributed by atoms with Crippen LogP contribution in [0.25, 0.3) is 0 Å². The van der Waals surface area contributed by atoms with Gasteiger partial charge in [0.1, 0.15) is 0 Å². The van der Waals surface area contributed by atoms with E-state index < -0.39 is 0 Å². The molecule has 15 heavy (non-hydrogen) atoms. The molecule has 1 aliphatic carbocycles. The highest BCUT2D eigenvalue weighted by molar-refractivity contribution is 9.10. The molecule has 1 aliphatic rings. The maximum atomic E-state index is 6.21. The lowest BCUT2D eigenvalue weighted by Crippen LogP contribution is -1.93. The minimum absolute atomic E-state index is 0.251. The van der Waals surface area contributed by atoms with E-state index in [1.54, 1.807) is 0 Å². The van der Waals surface area contributed by atoms with Gasteiger partial charge in [-0.25, -0.2) is 0 Å². The Hall–Kier alpha value is 0.210. The highest BCUT2D eigenvalue weighted by atomic mass is 79.9. The van der Waals surface area contributed by atoms with E-state index in [2.05, 4.69) is 33.5 Å². The van der Waals surface area contributed by atoms with Gasteiger partial charge in [-0.15, -0.1) is 22.9 Å². The first-order valence-corrected chi connectivity index (χ1v) is 7.42. The molecular weight excluding hydrogens is 292 g/mol. The second kappa shape index (κ2) is 5.51. The zero-order chi connectivity index (χ0) is 10.7. The van der Waals surface area contributed by atoms with E-state index in [4.69, 9.17) is 11.6 Å². The third-order valence-corrected chi connectivity index (χ3v) is 4.99. The van der Waals surface area contributed by atoms with Gasteiger partial charge in [-0.1, -0.05) is 18.1 Å². The quantitative estimate of drug-likeness (QED) is 0.523. The molecule has 1 aromatic heterocycles. The molecule has 1 heterocycles. The van der Waals surface area contributed by atoms with E-state index in [-0.39, 0.29) is 5.38 Å². The fraction of sp³-hybridized carbons (Fsp3) is 0.500. The van der Waals surface area contributed by atoms with Crippen LogP contribution >= 0.6 is 38.9 Å². The molecule has 2 rings (SSSR count). The first-order chi connectivity index (χ1) is 7.25. The van der Waals surface area contributed by atoms with Crippen molar-refractivity contribution in [3.63, 3.8) is 0 Å². The average molecular weight is 306 g/mol. The van der Waals surface area contributed by atoms with Crippen molar-refractivity contribution in [3.8, 4) is 0 Å². The van der Waals surface area contributed by atoms with Crippen LogP contribution in [0.15, 0.2) is 27.6 Å². The molecule has 1 atom stereocenters. The van der Waals surface area contributed by atoms with Crippen molar-refractivity contribution in [1.29, 1.82) is 0 Å². The zero-order valence-electron chi connectivity index (χ0n) is 8.51. The first kappa shape index (κ1) is 11.7. The Balaban J connectivity index is 2.07. The van der Waals surface area contributed by atoms with E-state index in [9.17, 15) is 0 Å². The van der Waals surface area contributed by atoms with Crippen LogP contribution in [-0.4, -0.2) is 5.38 Å². The maximum absolute atomic E-state index is 6.21. The summed E-state index contributed by atoms with van der Waals surface area (Å²) in [6, 6.07) is 2.12. The van der Waals surface area contributed by atoms with E-state index in [1.807, 2.05) is 11.3 Å². The molecule has 0 fully saturated rings. The van der Waals surface area contributed by atoms with Gasteiger partial charge < -0.3 is 0 Å². The molecule has 0 amide bonds. The Morgan fingerprint density at radius 3 is 3.07 bits per heavy atom. The topological polar surface area (TPSA) is 0 Å². The lowest BCUT2D eigenvalue weighted by Gasteiger charge is -2.04. The third-order valence-electron chi connectivity index (χ3n) is 2.72. The second-order valence-electron chi connectivity index (χ2n) is 3.96. The minimum Gasteiger partial charge on any atom is -0.147 e. The van der Waals surface area contributed by atoms with Crippen LogP contribution in [0.4, 0.5) is 0 Å². The summed E-state index contributed by atoms with van der Waals surface area (Å²) in [7, 11) is 0. The molecule has 0 aromatic carbocycles. The lowest BCUT2D eigenvalue weighted by atomic mass is 10.1. The Labute approximate surface area is 108 Å². The van der Waals surface area contributed by atoms with Crippen LogP contribution in [0.1, 0.15) is 30.6 Å². The molecule has 0 saturated carbocycles. The van der Waals surface area contributed by atoms with Gasteiger partial charge in [0.2, 0.25) is 0 Å². The molecule has 1 unspecified atom stereocenters. The summed E-state index contributed by atoms with van der Waals surface area (Å²) in [4.78, 5) is 1.42. The molecule has 1 aromatic rings. The number of allylic oxidation sites excluding steroid dienone is 2. The summed E-state index contributed by atoms with van der Waals surface area (Å²) in [5.74, 6) is 0. The lowest BCUT2D eigenvalue weighted by molar-refractivity contribution is 0.710. The van der Waals surface area contributed by atoms with Gasteiger partial charge in [0.25, 0.3) is 0 Å². The number of hydrogen-bond donors (Lipinski definition) is 0. The molecular formula is C12H14BrClS. The summed E-state index contributed by atoms with van der Waals surface area (Å²) in [6.45, 7) is 0. The highest BCUT2D eigenvalue weighted by Crippen LogP contribution is 2.29. The normalized spacial score (nSPS) is 22.3. The number of alkyl halides is 1. The van der Waals surface area contributed by atoms with Crippen LogP contribution in [0.5, 0.6) is 0 Å². The van der Waals surface area contributed by atoms with Gasteiger partial charge in [-0.3, -0.25) is 0 Å². The van der Waals surface area contributed by atoms with Gasteiger partial charge in [0.15, 0.2) is 0 Å². The SMILES string of the molecule is ClC1C=C(Cc2sccc2Br)CCCC1. The number of thiophene rings is 1. The van der Waals surface area contributed by atoms with Gasteiger partial charge in [0, 0.05) is 15.8 Å². The molecule has 0 bridgehead atoms. The third kappa shape index (κ3) is 3.33. The molecule has 0 radical (unpaired) electrons. The Morgan fingerprint density at radius 1 is 1.47 bits per heavy atom. The van der Waals surface area contributed by atoms with E-state index >= 15 is 0 Å². The van der Waals surface area contributed by atoms with Crippen molar-refractivity contribution in [2.24, 2.45) is 0 Å². The summed E-state index contributed by atoms with van der Waals surface area (Å²) < 4.78 is 1.24. The van der Waals surface area contributed by atoms with Crippen molar-refractivity contribution >= 4 is 38.9 Å². The Kier molecular flexibility index (Phi) is 4.30. The van der Waals surface area contributed by atoms with Crippen LogP contribution < -0.4 is 0 Å². The summed E-state index contributed by atoms with van der Waals surface area (Å²) in [5.41, 5.74) is 1.51. The van der Waals surface area contributed by atoms with Gasteiger partial charge in [-0.2, -0.15) is 0 Å². The molecule has 0 spiro atoms. The minimum atomic E-state index is 0.251. The Morgan fingerprint density at radius 2 is 2.33 bits per heavy atom. The summed E-state index contributed by atoms with van der Waals surface area (Å²) in [6.07, 6.45) is 8.24. The molecule has 0 N–H and O–H groups in total. The standard InChI is InChI=1S/C12H14BrClS/c13-11-5-6-15-12(11)8-9-3-1-2-4-10(14)7-9/h5-7,10H,1-4,8H2. The predicted molar refractivity (Wildman–Crippen MR) is 71.9 cm³/mol. The zero-order valence-corrected chi connectivity index (χ0v) is 11.7. The highest BCUT2D eigenvalue weighted by Gasteiger charge is 2.11. The first-order valence-electron chi connectivity index (χ1n) is 5.31. The summed E-state index contributed by atoms with van der Waals surface area (Å²) in [5, 5.41) is 2.38. The van der Waals surface area contributed by atoms with E-state index in [0.717, 1.165) is 12.8 Å². The van der Waals surface area contributed by atoms with Gasteiger partial charge in [0.05, 0.1) is 5.38 Å². The fourth-order valence-corrected chi connectivity index (χ4v) is 3.80. The molecule has 3 heteroatoms. The second-order valence-corrected chi connectivity index (χ2v) is 6.37. The van der Waals surface area contributed by atoms with Crippen molar-refractivity contribution in [1.82, 2.24) is 0 Å². The van der Waals surface area contributed by atoms with Crippen LogP contribution in [0.3, 0.4) is 0 Å². The van der Waals surface area contributed by atoms with Gasteiger partial charge in [-0.05, 0) is 46.6 Å². The maximum Gasteiger partial charge on any atom is 0.0518 e. The average Bonchev–Trinajstić information content (AvgIpc) is 2.48. The summed E-state index contributed by atoms with van der Waals surface area (Å²) >= 11 is 11.6. The van der Waals surface area contributed by atoms with Crippen molar-refractivity contribution in [2.45, 2.75) is 37.5 Å². The predicted octanol–water partition coefficient (Wildman–Crippen LogP) is 5.16. The molecule has 0 nitrogen and oxygen atoms in total. The molecule has 0 aliphatic heterocycles. The number of rotatable bonds is 2. The molecule has 0 saturated heterocycles. The number of hydrogen-bond acceptors (Lipinski definition) is 1. The van der Waals surface area contributed by atoms with Gasteiger partial charge >= 0.3 is 0 Å². The van der Waals surface area contributed by atoms with Crippen LogP contribution in [0.2, 0.25) is 0 Å². The van der Waals surface area contributed by atoms with Crippen LogP contribution in [0, 0.1) is 0 Å². The monoisotopic (exact) mass is 304 g/mol. The smallest absolute Gasteiger partial charge is 0.0518 e. The largest absolute Gasteiger partial charge is 0.147 e. The van der Waals surface area contributed by atoms with E-state index in [1.165, 1.54) is 34.2 Å².